The number of halogens is 1. The number of hydrogen-bond donors (Lipinski definition) is 2. The fourth-order valence-electron chi connectivity index (χ4n) is 5.58. The van der Waals surface area contributed by atoms with Gasteiger partial charge in [-0.1, -0.05) is 29.4 Å². The minimum Gasteiger partial charge on any atom is -0.467 e. The number of ether oxygens (including phenoxy) is 1. The third-order valence-corrected chi connectivity index (χ3v) is 7.73. The van der Waals surface area contributed by atoms with E-state index in [1.807, 2.05) is 24.3 Å². The number of carbonyl (C=O) groups is 3. The van der Waals surface area contributed by atoms with Crippen molar-refractivity contribution < 1.29 is 27.9 Å². The van der Waals surface area contributed by atoms with Gasteiger partial charge in [-0.3, -0.25) is 9.59 Å². The van der Waals surface area contributed by atoms with Gasteiger partial charge < -0.3 is 24.7 Å². The van der Waals surface area contributed by atoms with Gasteiger partial charge in [0.05, 0.1) is 12.8 Å². The van der Waals surface area contributed by atoms with Crippen molar-refractivity contribution in [1.82, 2.24) is 15.1 Å². The first-order valence-corrected chi connectivity index (χ1v) is 13.5. The highest BCUT2D eigenvalue weighted by Gasteiger charge is 2.36. The molecule has 1 saturated heterocycles. The predicted octanol–water partition coefficient (Wildman–Crippen LogP) is 5.03. The molecule has 5 rings (SSSR count). The zero-order chi connectivity index (χ0) is 28.1. The number of esters is 1. The van der Waals surface area contributed by atoms with Gasteiger partial charge in [-0.2, -0.15) is 0 Å². The lowest BCUT2D eigenvalue weighted by Crippen LogP contribution is -2.41. The van der Waals surface area contributed by atoms with E-state index in [9.17, 15) is 18.8 Å². The molecule has 2 heterocycles. The molecule has 2 N–H and O–H groups in total. The fourth-order valence-corrected chi connectivity index (χ4v) is 5.58. The number of carbonyl (C=O) groups excluding carboxylic acids is 3. The van der Waals surface area contributed by atoms with Crippen molar-refractivity contribution >= 4 is 35.2 Å². The van der Waals surface area contributed by atoms with Gasteiger partial charge in [0.1, 0.15) is 11.9 Å². The Labute approximate surface area is 231 Å². The van der Waals surface area contributed by atoms with Crippen molar-refractivity contribution in [1.29, 1.82) is 0 Å². The maximum Gasteiger partial charge on any atom is 0.328 e. The van der Waals surface area contributed by atoms with Crippen LogP contribution in [0.4, 0.5) is 21.8 Å². The summed E-state index contributed by atoms with van der Waals surface area (Å²) in [4.78, 5) is 39.1. The summed E-state index contributed by atoms with van der Waals surface area (Å²) in [7, 11) is 1.36. The van der Waals surface area contributed by atoms with Gasteiger partial charge in [0.25, 0.3) is 0 Å². The summed E-state index contributed by atoms with van der Waals surface area (Å²) in [6.45, 7) is 0.620. The zero-order valence-electron chi connectivity index (χ0n) is 22.3. The van der Waals surface area contributed by atoms with Gasteiger partial charge in [-0.15, -0.1) is 5.10 Å². The molecule has 2 aromatic carbocycles. The fraction of sp³-hybridized carbons (Fsp3) is 0.414. The first-order chi connectivity index (χ1) is 19.4. The summed E-state index contributed by atoms with van der Waals surface area (Å²) >= 11 is 0. The van der Waals surface area contributed by atoms with Crippen LogP contribution in [0.15, 0.2) is 52.9 Å². The normalized spacial score (nSPS) is 20.6. The van der Waals surface area contributed by atoms with Gasteiger partial charge >= 0.3 is 23.8 Å². The molecule has 1 atom stereocenters. The van der Waals surface area contributed by atoms with Crippen LogP contribution in [0.5, 0.6) is 0 Å². The second-order valence-corrected chi connectivity index (χ2v) is 10.3. The Morgan fingerprint density at radius 2 is 1.77 bits per heavy atom. The van der Waals surface area contributed by atoms with E-state index < -0.39 is 17.8 Å². The van der Waals surface area contributed by atoms with E-state index in [0.717, 1.165) is 32.1 Å². The number of rotatable bonds is 8. The van der Waals surface area contributed by atoms with Crippen molar-refractivity contribution in [2.45, 2.75) is 56.9 Å². The van der Waals surface area contributed by atoms with Crippen LogP contribution in [0, 0.1) is 11.7 Å². The highest BCUT2D eigenvalue weighted by molar-refractivity contribution is 6.00. The zero-order valence-corrected chi connectivity index (χ0v) is 22.3. The molecular weight excluding hydrogens is 517 g/mol. The Morgan fingerprint density at radius 3 is 2.50 bits per heavy atom. The average Bonchev–Trinajstić information content (AvgIpc) is 3.65. The molecule has 0 unspecified atom stereocenters. The van der Waals surface area contributed by atoms with Crippen molar-refractivity contribution in [3.05, 3.63) is 65.8 Å². The first-order valence-electron chi connectivity index (χ1n) is 13.5. The molecule has 10 nitrogen and oxygen atoms in total. The van der Waals surface area contributed by atoms with Crippen LogP contribution in [0.3, 0.4) is 0 Å². The smallest absolute Gasteiger partial charge is 0.328 e. The standard InChI is InChI=1S/C29H32FN5O5/c1-39-28(38)24-7-4-16-35(24)25(36)17-18-8-10-19(11-9-18)20-12-14-21(15-13-20)31-26(37)27-33-34-29(40-27)32-23-6-3-2-5-22(23)30/h2-3,5-6,12-15,18-19,24H,4,7-11,16-17H2,1H3,(H,31,37)(H,32,34)/t18-,19-,24-/m1/s1. The SMILES string of the molecule is COC(=O)[C@H]1CCCN1C(=O)C[C@H]1CC[C@H](c2ccc(NC(=O)c3nnc(Nc4ccccc4F)o3)cc2)CC1. The summed E-state index contributed by atoms with van der Waals surface area (Å²) in [6.07, 6.45) is 5.83. The predicted molar refractivity (Wildman–Crippen MR) is 144 cm³/mol. The van der Waals surface area contributed by atoms with E-state index in [0.29, 0.717) is 36.9 Å². The molecule has 2 aliphatic rings. The molecule has 3 aromatic rings. The molecule has 210 valence electrons. The second-order valence-electron chi connectivity index (χ2n) is 10.3. The molecule has 11 heteroatoms. The molecule has 2 amide bonds. The van der Waals surface area contributed by atoms with E-state index in [-0.39, 0.29) is 29.5 Å². The van der Waals surface area contributed by atoms with E-state index in [4.69, 9.17) is 9.15 Å². The van der Waals surface area contributed by atoms with E-state index in [1.54, 1.807) is 17.0 Å². The van der Waals surface area contributed by atoms with Crippen LogP contribution in [0.25, 0.3) is 0 Å². The van der Waals surface area contributed by atoms with Crippen LogP contribution >= 0.6 is 0 Å². The van der Waals surface area contributed by atoms with Gasteiger partial charge in [-0.05, 0) is 80.2 Å². The van der Waals surface area contributed by atoms with E-state index in [1.165, 1.54) is 24.8 Å². The highest BCUT2D eigenvalue weighted by atomic mass is 19.1. The summed E-state index contributed by atoms with van der Waals surface area (Å²) < 4.78 is 24.0. The lowest BCUT2D eigenvalue weighted by molar-refractivity contribution is -0.151. The van der Waals surface area contributed by atoms with Gasteiger partial charge in [0.15, 0.2) is 0 Å². The van der Waals surface area contributed by atoms with Crippen molar-refractivity contribution in [3.8, 4) is 0 Å². The van der Waals surface area contributed by atoms with Crippen molar-refractivity contribution in [2.24, 2.45) is 5.92 Å². The number of hydrogen-bond acceptors (Lipinski definition) is 8. The molecule has 2 fully saturated rings. The number of anilines is 3. The molecule has 1 aromatic heterocycles. The van der Waals surface area contributed by atoms with Gasteiger partial charge in [-0.25, -0.2) is 9.18 Å². The third-order valence-electron chi connectivity index (χ3n) is 7.73. The number of benzene rings is 2. The minimum atomic E-state index is -0.570. The third kappa shape index (κ3) is 6.30. The quantitative estimate of drug-likeness (QED) is 0.375. The molecule has 1 aliphatic heterocycles. The number of nitrogens with one attached hydrogen (secondary N) is 2. The molecule has 1 aliphatic carbocycles. The lowest BCUT2D eigenvalue weighted by atomic mass is 9.77. The van der Waals surface area contributed by atoms with Crippen LogP contribution in [0.1, 0.15) is 67.1 Å². The summed E-state index contributed by atoms with van der Waals surface area (Å²) in [5.41, 5.74) is 1.93. The van der Waals surface area contributed by atoms with Crippen molar-refractivity contribution in [3.63, 3.8) is 0 Å². The van der Waals surface area contributed by atoms with Crippen LogP contribution in [-0.4, -0.2) is 52.6 Å². The Balaban J connectivity index is 1.09. The van der Waals surface area contributed by atoms with Crippen LogP contribution < -0.4 is 10.6 Å². The molecule has 0 radical (unpaired) electrons. The molecule has 40 heavy (non-hydrogen) atoms. The van der Waals surface area contributed by atoms with Crippen LogP contribution in [0.2, 0.25) is 0 Å². The first kappa shape index (κ1) is 27.3. The van der Waals surface area contributed by atoms with Crippen molar-refractivity contribution in [2.75, 3.05) is 24.3 Å². The number of likely N-dealkylation sites (tertiary alicyclic amines) is 1. The Morgan fingerprint density at radius 1 is 1.02 bits per heavy atom. The second kappa shape index (κ2) is 12.3. The molecule has 0 bridgehead atoms. The maximum atomic E-state index is 13.8. The molecule has 0 spiro atoms. The number of methoxy groups -OCH3 is 1. The van der Waals surface area contributed by atoms with Gasteiger partial charge in [0.2, 0.25) is 5.91 Å². The van der Waals surface area contributed by atoms with E-state index in [2.05, 4.69) is 20.8 Å². The van der Waals surface area contributed by atoms with E-state index >= 15 is 0 Å². The topological polar surface area (TPSA) is 127 Å². The summed E-state index contributed by atoms with van der Waals surface area (Å²) in [6, 6.07) is 13.2. The number of aromatic nitrogens is 2. The lowest BCUT2D eigenvalue weighted by Gasteiger charge is -2.30. The number of nitrogens with zero attached hydrogens (tertiary/aromatic N) is 3. The molecule has 1 saturated carbocycles. The Hall–Kier alpha value is -4.28. The monoisotopic (exact) mass is 549 g/mol. The number of amides is 2. The summed E-state index contributed by atoms with van der Waals surface area (Å²) in [5, 5.41) is 12.9. The number of para-hydroxylation sites is 1. The summed E-state index contributed by atoms with van der Waals surface area (Å²) in [5.74, 6) is -0.880. The van der Waals surface area contributed by atoms with Gasteiger partial charge in [0, 0.05) is 18.7 Å². The minimum absolute atomic E-state index is 0.0489. The van der Waals surface area contributed by atoms with Crippen LogP contribution in [-0.2, 0) is 14.3 Å². The molecular formula is C29H32FN5O5. The maximum absolute atomic E-state index is 13.8. The Kier molecular flexibility index (Phi) is 8.37. The Bertz CT molecular complexity index is 1350. The largest absolute Gasteiger partial charge is 0.467 e. The highest BCUT2D eigenvalue weighted by Crippen LogP contribution is 2.38. The average molecular weight is 550 g/mol.